The maximum absolute atomic E-state index is 5.55. The third-order valence-electron chi connectivity index (χ3n) is 3.32. The van der Waals surface area contributed by atoms with Gasteiger partial charge in [-0.2, -0.15) is 0 Å². The maximum Gasteiger partial charge on any atom is 0.206 e. The number of pyridine rings is 1. The number of nitrogens with one attached hydrogen (secondary N) is 1. The van der Waals surface area contributed by atoms with Gasteiger partial charge in [-0.3, -0.25) is 4.98 Å². The van der Waals surface area contributed by atoms with E-state index < -0.39 is 0 Å². The summed E-state index contributed by atoms with van der Waals surface area (Å²) in [6.07, 6.45) is 1.76. The van der Waals surface area contributed by atoms with Crippen molar-refractivity contribution in [2.24, 2.45) is 0 Å². The van der Waals surface area contributed by atoms with Gasteiger partial charge in [-0.1, -0.05) is 29.5 Å². The lowest BCUT2D eigenvalue weighted by Crippen LogP contribution is -2.06. The summed E-state index contributed by atoms with van der Waals surface area (Å²) in [7, 11) is 0. The van der Waals surface area contributed by atoms with Crippen LogP contribution in [0, 0.1) is 0 Å². The molecule has 0 spiro atoms. The second kappa shape index (κ2) is 7.19. The number of hydrogen-bond acceptors (Lipinski definition) is 6. The van der Waals surface area contributed by atoms with E-state index in [-0.39, 0.29) is 6.04 Å². The summed E-state index contributed by atoms with van der Waals surface area (Å²) in [6, 6.07) is 13.9. The molecule has 23 heavy (non-hydrogen) atoms. The first kappa shape index (κ1) is 15.4. The number of hydrogen-bond donors (Lipinski definition) is 1. The summed E-state index contributed by atoms with van der Waals surface area (Å²) in [6.45, 7) is 4.73. The molecule has 6 heteroatoms. The first-order chi connectivity index (χ1) is 11.3. The molecule has 5 nitrogen and oxygen atoms in total. The molecule has 2 aromatic heterocycles. The van der Waals surface area contributed by atoms with Crippen molar-refractivity contribution in [1.29, 1.82) is 0 Å². The van der Waals surface area contributed by atoms with Gasteiger partial charge in [-0.15, -0.1) is 10.2 Å². The highest BCUT2D eigenvalue weighted by molar-refractivity contribution is 7.18. The summed E-state index contributed by atoms with van der Waals surface area (Å²) in [5, 5.41) is 13.4. The molecule has 1 unspecified atom stereocenters. The molecule has 2 heterocycles. The molecule has 0 fully saturated rings. The largest absolute Gasteiger partial charge is 0.494 e. The quantitative estimate of drug-likeness (QED) is 0.736. The molecule has 3 aromatic rings. The first-order valence-electron chi connectivity index (χ1n) is 7.50. The molecule has 0 aliphatic heterocycles. The van der Waals surface area contributed by atoms with Crippen molar-refractivity contribution in [2.45, 2.75) is 19.9 Å². The molecular formula is C17H18N4OS. The van der Waals surface area contributed by atoms with Crippen molar-refractivity contribution < 1.29 is 4.74 Å². The Morgan fingerprint density at radius 1 is 1.17 bits per heavy atom. The summed E-state index contributed by atoms with van der Waals surface area (Å²) in [4.78, 5) is 4.30. The van der Waals surface area contributed by atoms with Crippen LogP contribution in [0.4, 0.5) is 5.13 Å². The van der Waals surface area contributed by atoms with E-state index in [1.807, 2.05) is 43.3 Å². The van der Waals surface area contributed by atoms with Gasteiger partial charge < -0.3 is 10.1 Å². The van der Waals surface area contributed by atoms with Gasteiger partial charge in [0.15, 0.2) is 5.01 Å². The minimum atomic E-state index is 0.111. The second-order valence-corrected chi connectivity index (χ2v) is 5.98. The molecule has 0 amide bonds. The Morgan fingerprint density at radius 3 is 2.87 bits per heavy atom. The van der Waals surface area contributed by atoms with Crippen LogP contribution in [0.25, 0.3) is 10.7 Å². The van der Waals surface area contributed by atoms with Crippen molar-refractivity contribution >= 4 is 16.5 Å². The molecule has 0 aliphatic rings. The van der Waals surface area contributed by atoms with Gasteiger partial charge in [0.1, 0.15) is 11.4 Å². The smallest absolute Gasteiger partial charge is 0.206 e. The summed E-state index contributed by atoms with van der Waals surface area (Å²) in [5.41, 5.74) is 1.98. The Hall–Kier alpha value is -2.47. The van der Waals surface area contributed by atoms with E-state index >= 15 is 0 Å². The lowest BCUT2D eigenvalue weighted by molar-refractivity contribution is 0.340. The fourth-order valence-electron chi connectivity index (χ4n) is 2.18. The average molecular weight is 326 g/mol. The molecule has 3 rings (SSSR count). The van der Waals surface area contributed by atoms with Crippen molar-refractivity contribution in [3.63, 3.8) is 0 Å². The Kier molecular flexibility index (Phi) is 4.83. The van der Waals surface area contributed by atoms with Gasteiger partial charge in [0.25, 0.3) is 0 Å². The van der Waals surface area contributed by atoms with Gasteiger partial charge in [0.05, 0.1) is 12.6 Å². The minimum absolute atomic E-state index is 0.111. The Morgan fingerprint density at radius 2 is 2.09 bits per heavy atom. The van der Waals surface area contributed by atoms with Gasteiger partial charge in [0, 0.05) is 6.20 Å². The summed E-state index contributed by atoms with van der Waals surface area (Å²) >= 11 is 1.50. The highest BCUT2D eigenvalue weighted by Gasteiger charge is 2.11. The van der Waals surface area contributed by atoms with Crippen LogP contribution in [-0.4, -0.2) is 21.8 Å². The van der Waals surface area contributed by atoms with E-state index in [4.69, 9.17) is 4.74 Å². The van der Waals surface area contributed by atoms with Crippen LogP contribution in [0.2, 0.25) is 0 Å². The third kappa shape index (κ3) is 3.84. The van der Waals surface area contributed by atoms with Crippen LogP contribution in [0.3, 0.4) is 0 Å². The van der Waals surface area contributed by atoms with E-state index in [1.54, 1.807) is 6.20 Å². The van der Waals surface area contributed by atoms with Gasteiger partial charge in [-0.25, -0.2) is 0 Å². The van der Waals surface area contributed by atoms with Crippen LogP contribution < -0.4 is 10.1 Å². The van der Waals surface area contributed by atoms with Crippen molar-refractivity contribution in [2.75, 3.05) is 11.9 Å². The predicted molar refractivity (Wildman–Crippen MR) is 92.8 cm³/mol. The molecular weight excluding hydrogens is 308 g/mol. The highest BCUT2D eigenvalue weighted by Crippen LogP contribution is 2.28. The van der Waals surface area contributed by atoms with E-state index in [0.717, 1.165) is 27.1 Å². The zero-order chi connectivity index (χ0) is 16.1. The van der Waals surface area contributed by atoms with Crippen LogP contribution >= 0.6 is 11.3 Å². The van der Waals surface area contributed by atoms with Gasteiger partial charge >= 0.3 is 0 Å². The van der Waals surface area contributed by atoms with Crippen LogP contribution in [0.5, 0.6) is 5.75 Å². The number of ether oxygens (including phenoxy) is 1. The van der Waals surface area contributed by atoms with E-state index in [1.165, 1.54) is 11.3 Å². The Labute approximate surface area is 139 Å². The van der Waals surface area contributed by atoms with Gasteiger partial charge in [-0.05, 0) is 43.7 Å². The number of nitrogens with zero attached hydrogens (tertiary/aromatic N) is 3. The fraction of sp³-hybridized carbons (Fsp3) is 0.235. The van der Waals surface area contributed by atoms with E-state index in [2.05, 4.69) is 33.5 Å². The monoisotopic (exact) mass is 326 g/mol. The molecule has 1 atom stereocenters. The first-order valence-corrected chi connectivity index (χ1v) is 8.32. The molecule has 0 saturated heterocycles. The topological polar surface area (TPSA) is 59.9 Å². The second-order valence-electron chi connectivity index (χ2n) is 5.00. The SMILES string of the molecule is CCOc1cccc(C(C)Nc2nnc(-c3ccccn3)s2)c1. The molecule has 1 N–H and O–H groups in total. The van der Waals surface area contributed by atoms with Crippen molar-refractivity contribution in [3.8, 4) is 16.5 Å². The molecule has 0 bridgehead atoms. The summed E-state index contributed by atoms with van der Waals surface area (Å²) in [5.74, 6) is 0.880. The fourth-order valence-corrected chi connectivity index (χ4v) is 2.99. The van der Waals surface area contributed by atoms with E-state index in [9.17, 15) is 0 Å². The van der Waals surface area contributed by atoms with Crippen LogP contribution in [0.15, 0.2) is 48.7 Å². The standard InChI is InChI=1S/C17H18N4OS/c1-3-22-14-8-6-7-13(11-14)12(2)19-17-21-20-16(23-17)15-9-4-5-10-18-15/h4-12H,3H2,1-2H3,(H,19,21). The summed E-state index contributed by atoms with van der Waals surface area (Å²) < 4.78 is 5.55. The zero-order valence-electron chi connectivity index (χ0n) is 13.1. The lowest BCUT2D eigenvalue weighted by atomic mass is 10.1. The van der Waals surface area contributed by atoms with Crippen molar-refractivity contribution in [3.05, 3.63) is 54.2 Å². The number of anilines is 1. The van der Waals surface area contributed by atoms with Crippen LogP contribution in [0.1, 0.15) is 25.5 Å². The van der Waals surface area contributed by atoms with Crippen LogP contribution in [-0.2, 0) is 0 Å². The Balaban J connectivity index is 1.72. The molecule has 118 valence electrons. The minimum Gasteiger partial charge on any atom is -0.494 e. The molecule has 0 aliphatic carbocycles. The van der Waals surface area contributed by atoms with Gasteiger partial charge in [0.2, 0.25) is 5.13 Å². The maximum atomic E-state index is 5.55. The highest BCUT2D eigenvalue weighted by atomic mass is 32.1. The Bertz CT molecular complexity index is 760. The predicted octanol–water partition coefficient (Wildman–Crippen LogP) is 4.17. The normalized spacial score (nSPS) is 11.9. The van der Waals surface area contributed by atoms with E-state index in [0.29, 0.717) is 6.61 Å². The molecule has 1 aromatic carbocycles. The van der Waals surface area contributed by atoms with Crippen molar-refractivity contribution in [1.82, 2.24) is 15.2 Å². The third-order valence-corrected chi connectivity index (χ3v) is 4.20. The molecule has 0 saturated carbocycles. The zero-order valence-corrected chi connectivity index (χ0v) is 13.9. The number of benzene rings is 1. The number of rotatable bonds is 6. The lowest BCUT2D eigenvalue weighted by Gasteiger charge is -2.14. The molecule has 0 radical (unpaired) electrons. The average Bonchev–Trinajstić information content (AvgIpc) is 3.05. The number of aromatic nitrogens is 3.